The molecule has 21 heavy (non-hydrogen) atoms. The molecule has 0 aliphatic heterocycles. The molecule has 0 spiro atoms. The molecule has 1 amide bonds. The summed E-state index contributed by atoms with van der Waals surface area (Å²) in [7, 11) is 0. The van der Waals surface area contributed by atoms with E-state index in [-0.39, 0.29) is 17.7 Å². The third kappa shape index (κ3) is 3.42. The lowest BCUT2D eigenvalue weighted by Crippen LogP contribution is -2.54. The number of amides is 1. The molecule has 0 aromatic heterocycles. The molecule has 0 radical (unpaired) electrons. The van der Waals surface area contributed by atoms with Gasteiger partial charge >= 0.3 is 5.97 Å². The van der Waals surface area contributed by atoms with Crippen molar-refractivity contribution in [2.75, 3.05) is 6.61 Å². The molecular weight excluding hydrogens is 270 g/mol. The molecule has 2 atom stereocenters. The Balaban J connectivity index is 2.22. The fourth-order valence-electron chi connectivity index (χ4n) is 3.13. The zero-order chi connectivity index (χ0) is 15.5. The van der Waals surface area contributed by atoms with Gasteiger partial charge in [0.1, 0.15) is 0 Å². The first-order valence-corrected chi connectivity index (χ1v) is 7.23. The SMILES string of the molecule is CC1CCCC(CO)(NC(=O)c2ccccc2C(=O)O)C1. The van der Waals surface area contributed by atoms with Gasteiger partial charge in [-0.25, -0.2) is 4.79 Å². The fraction of sp³-hybridized carbons (Fsp3) is 0.500. The second kappa shape index (κ2) is 6.26. The van der Waals surface area contributed by atoms with Crippen molar-refractivity contribution in [3.8, 4) is 0 Å². The largest absolute Gasteiger partial charge is 0.478 e. The van der Waals surface area contributed by atoms with E-state index in [0.717, 1.165) is 19.3 Å². The van der Waals surface area contributed by atoms with Gasteiger partial charge in [0.15, 0.2) is 0 Å². The standard InChI is InChI=1S/C16H21NO4/c1-11-5-4-8-16(9-11,10-18)17-14(19)12-6-2-3-7-13(12)15(20)21/h2-3,6-7,11,18H,4-5,8-10H2,1H3,(H,17,19)(H,20,21). The maximum atomic E-state index is 12.4. The van der Waals surface area contributed by atoms with Crippen molar-refractivity contribution >= 4 is 11.9 Å². The number of aliphatic hydroxyl groups excluding tert-OH is 1. The van der Waals surface area contributed by atoms with Crippen LogP contribution in [0, 0.1) is 5.92 Å². The highest BCUT2D eigenvalue weighted by molar-refractivity contribution is 6.05. The number of benzene rings is 1. The lowest BCUT2D eigenvalue weighted by Gasteiger charge is -2.39. The Morgan fingerprint density at radius 3 is 2.57 bits per heavy atom. The number of carboxylic acids is 1. The van der Waals surface area contributed by atoms with Gasteiger partial charge in [-0.05, 0) is 30.9 Å². The van der Waals surface area contributed by atoms with Crippen LogP contribution < -0.4 is 5.32 Å². The second-order valence-corrected chi connectivity index (χ2v) is 5.94. The van der Waals surface area contributed by atoms with Crippen LogP contribution in [-0.4, -0.2) is 34.2 Å². The number of hydrogen-bond acceptors (Lipinski definition) is 3. The first-order valence-electron chi connectivity index (χ1n) is 7.23. The predicted octanol–water partition coefficient (Wildman–Crippen LogP) is 2.06. The van der Waals surface area contributed by atoms with Crippen molar-refractivity contribution < 1.29 is 19.8 Å². The van der Waals surface area contributed by atoms with E-state index in [2.05, 4.69) is 12.2 Å². The molecule has 1 aromatic rings. The summed E-state index contributed by atoms with van der Waals surface area (Å²) in [5.41, 5.74) is -0.525. The summed E-state index contributed by atoms with van der Waals surface area (Å²) in [6.45, 7) is 1.97. The van der Waals surface area contributed by atoms with E-state index in [1.165, 1.54) is 12.1 Å². The molecule has 1 aliphatic carbocycles. The first kappa shape index (κ1) is 15.5. The average molecular weight is 291 g/mol. The van der Waals surface area contributed by atoms with Crippen molar-refractivity contribution in [2.45, 2.75) is 38.1 Å². The highest BCUT2D eigenvalue weighted by atomic mass is 16.4. The minimum Gasteiger partial charge on any atom is -0.478 e. The van der Waals surface area contributed by atoms with E-state index in [9.17, 15) is 14.7 Å². The summed E-state index contributed by atoms with van der Waals surface area (Å²) >= 11 is 0. The summed E-state index contributed by atoms with van der Waals surface area (Å²) < 4.78 is 0. The fourth-order valence-corrected chi connectivity index (χ4v) is 3.13. The lowest BCUT2D eigenvalue weighted by molar-refractivity contribution is 0.0661. The molecule has 0 heterocycles. The Morgan fingerprint density at radius 2 is 2.00 bits per heavy atom. The van der Waals surface area contributed by atoms with E-state index >= 15 is 0 Å². The maximum absolute atomic E-state index is 12.4. The van der Waals surface area contributed by atoms with Crippen LogP contribution in [-0.2, 0) is 0 Å². The van der Waals surface area contributed by atoms with Crippen molar-refractivity contribution in [1.29, 1.82) is 0 Å². The molecule has 0 saturated heterocycles. The molecule has 1 aliphatic rings. The molecule has 2 unspecified atom stereocenters. The van der Waals surface area contributed by atoms with Crippen LogP contribution >= 0.6 is 0 Å². The van der Waals surface area contributed by atoms with Gasteiger partial charge in [0.2, 0.25) is 0 Å². The Hall–Kier alpha value is -1.88. The van der Waals surface area contributed by atoms with E-state index in [1.54, 1.807) is 12.1 Å². The Kier molecular flexibility index (Phi) is 4.63. The quantitative estimate of drug-likeness (QED) is 0.792. The Labute approximate surface area is 124 Å². The van der Waals surface area contributed by atoms with Crippen molar-refractivity contribution in [1.82, 2.24) is 5.32 Å². The molecule has 5 heteroatoms. The average Bonchev–Trinajstić information content (AvgIpc) is 2.47. The zero-order valence-electron chi connectivity index (χ0n) is 12.1. The predicted molar refractivity (Wildman–Crippen MR) is 78.3 cm³/mol. The summed E-state index contributed by atoms with van der Waals surface area (Å²) in [4.78, 5) is 23.6. The highest BCUT2D eigenvalue weighted by Crippen LogP contribution is 2.32. The second-order valence-electron chi connectivity index (χ2n) is 5.94. The Morgan fingerprint density at radius 1 is 1.33 bits per heavy atom. The van der Waals surface area contributed by atoms with Gasteiger partial charge in [0, 0.05) is 0 Å². The van der Waals surface area contributed by atoms with Gasteiger partial charge in [-0.3, -0.25) is 4.79 Å². The monoisotopic (exact) mass is 291 g/mol. The summed E-state index contributed by atoms with van der Waals surface area (Å²) in [6, 6.07) is 6.13. The summed E-state index contributed by atoms with van der Waals surface area (Å²) in [5.74, 6) is -1.13. The van der Waals surface area contributed by atoms with E-state index in [1.807, 2.05) is 0 Å². The molecule has 2 rings (SSSR count). The molecule has 5 nitrogen and oxygen atoms in total. The normalized spacial score (nSPS) is 25.3. The number of nitrogens with one attached hydrogen (secondary N) is 1. The van der Waals surface area contributed by atoms with Gasteiger partial charge < -0.3 is 15.5 Å². The molecular formula is C16H21NO4. The number of hydrogen-bond donors (Lipinski definition) is 3. The maximum Gasteiger partial charge on any atom is 0.336 e. The molecule has 0 bridgehead atoms. The van der Waals surface area contributed by atoms with Gasteiger partial charge in [-0.1, -0.05) is 31.9 Å². The van der Waals surface area contributed by atoms with Crippen LogP contribution in [0.2, 0.25) is 0 Å². The van der Waals surface area contributed by atoms with Gasteiger partial charge in [0.05, 0.1) is 23.3 Å². The van der Waals surface area contributed by atoms with Crippen LogP contribution in [0.4, 0.5) is 0 Å². The van der Waals surface area contributed by atoms with Crippen molar-refractivity contribution in [2.24, 2.45) is 5.92 Å². The lowest BCUT2D eigenvalue weighted by atomic mass is 9.76. The number of rotatable bonds is 4. The minimum absolute atomic E-state index is 0.0213. The highest BCUT2D eigenvalue weighted by Gasteiger charge is 2.36. The molecule has 3 N–H and O–H groups in total. The van der Waals surface area contributed by atoms with Crippen LogP contribution in [0.15, 0.2) is 24.3 Å². The summed E-state index contributed by atoms with van der Waals surface area (Å²) in [5, 5.41) is 21.7. The van der Waals surface area contributed by atoms with Crippen molar-refractivity contribution in [3.63, 3.8) is 0 Å². The first-order chi connectivity index (χ1) is 9.97. The molecule has 1 aromatic carbocycles. The van der Waals surface area contributed by atoms with Gasteiger partial charge in [-0.15, -0.1) is 0 Å². The number of aliphatic hydroxyl groups is 1. The smallest absolute Gasteiger partial charge is 0.336 e. The third-order valence-corrected chi connectivity index (χ3v) is 4.17. The Bertz CT molecular complexity index is 543. The van der Waals surface area contributed by atoms with Gasteiger partial charge in [0.25, 0.3) is 5.91 Å². The summed E-state index contributed by atoms with van der Waals surface area (Å²) in [6.07, 6.45) is 3.46. The number of carboxylic acid groups (broad SMARTS) is 1. The van der Waals surface area contributed by atoms with E-state index in [4.69, 9.17) is 5.11 Å². The molecule has 1 saturated carbocycles. The number of carbonyl (C=O) groups is 2. The van der Waals surface area contributed by atoms with Crippen LogP contribution in [0.5, 0.6) is 0 Å². The minimum atomic E-state index is -1.13. The molecule has 114 valence electrons. The van der Waals surface area contributed by atoms with E-state index in [0.29, 0.717) is 12.3 Å². The third-order valence-electron chi connectivity index (χ3n) is 4.17. The van der Waals surface area contributed by atoms with Gasteiger partial charge in [-0.2, -0.15) is 0 Å². The van der Waals surface area contributed by atoms with E-state index < -0.39 is 17.4 Å². The zero-order valence-corrected chi connectivity index (χ0v) is 12.1. The number of carbonyl (C=O) groups excluding carboxylic acids is 1. The van der Waals surface area contributed by atoms with Crippen LogP contribution in [0.3, 0.4) is 0 Å². The van der Waals surface area contributed by atoms with Crippen LogP contribution in [0.25, 0.3) is 0 Å². The topological polar surface area (TPSA) is 86.6 Å². The number of aromatic carboxylic acids is 1. The molecule has 1 fully saturated rings. The van der Waals surface area contributed by atoms with Crippen LogP contribution in [0.1, 0.15) is 53.3 Å². The van der Waals surface area contributed by atoms with Crippen molar-refractivity contribution in [3.05, 3.63) is 35.4 Å².